The number of nitrogens with zero attached hydrogens (tertiary/aromatic N) is 1. The summed E-state index contributed by atoms with van der Waals surface area (Å²) in [4.78, 5) is 0. The topological polar surface area (TPSA) is 91.9 Å². The van der Waals surface area contributed by atoms with Gasteiger partial charge in [0, 0.05) is 29.4 Å². The summed E-state index contributed by atoms with van der Waals surface area (Å²) in [7, 11) is -4.37. The Labute approximate surface area is 91.0 Å². The van der Waals surface area contributed by atoms with Crippen molar-refractivity contribution in [1.29, 1.82) is 0 Å². The van der Waals surface area contributed by atoms with E-state index in [2.05, 4.69) is 14.9 Å². The molecule has 1 rings (SSSR count). The average molecular weight is 251 g/mol. The van der Waals surface area contributed by atoms with Crippen LogP contribution in [-0.4, -0.2) is 41.4 Å². The number of hydrogen-bond acceptors (Lipinski definition) is 4. The summed E-state index contributed by atoms with van der Waals surface area (Å²) in [5, 5.41) is 5.96. The van der Waals surface area contributed by atoms with E-state index in [1.54, 1.807) is 6.26 Å². The molecule has 1 aromatic rings. The van der Waals surface area contributed by atoms with Crippen LogP contribution in [0.25, 0.3) is 0 Å². The number of aromatic amines is 1. The predicted molar refractivity (Wildman–Crippen MR) is 57.3 cm³/mol. The minimum atomic E-state index is -3.48. The lowest BCUT2D eigenvalue weighted by Gasteiger charge is -2.03. The monoisotopic (exact) mass is 251 g/mol. The van der Waals surface area contributed by atoms with Crippen molar-refractivity contribution in [2.45, 2.75) is 11.4 Å². The molecule has 1 aromatic heterocycles. The first-order valence-electron chi connectivity index (χ1n) is 4.31. The lowest BCUT2D eigenvalue weighted by Crippen LogP contribution is -2.26. The number of rotatable bonds is 6. The Morgan fingerprint density at radius 2 is 2.33 bits per heavy atom. The van der Waals surface area contributed by atoms with E-state index in [4.69, 9.17) is 0 Å². The molecule has 0 fully saturated rings. The number of sulfonamides is 1. The van der Waals surface area contributed by atoms with E-state index in [-0.39, 0.29) is 11.6 Å². The molecule has 0 aliphatic heterocycles. The molecule has 0 amide bonds. The van der Waals surface area contributed by atoms with Gasteiger partial charge in [0.25, 0.3) is 10.0 Å². The van der Waals surface area contributed by atoms with Crippen LogP contribution in [0.4, 0.5) is 0 Å². The Hall–Kier alpha value is -0.730. The maximum absolute atomic E-state index is 11.5. The van der Waals surface area contributed by atoms with Crippen molar-refractivity contribution < 1.29 is 12.6 Å². The molecule has 0 aliphatic rings. The van der Waals surface area contributed by atoms with Gasteiger partial charge in [0.2, 0.25) is 0 Å². The van der Waals surface area contributed by atoms with E-state index in [9.17, 15) is 12.6 Å². The molecule has 0 aromatic carbocycles. The van der Waals surface area contributed by atoms with E-state index in [1.165, 1.54) is 12.3 Å². The minimum Gasteiger partial charge on any atom is -0.266 e. The highest BCUT2D eigenvalue weighted by atomic mass is 32.2. The van der Waals surface area contributed by atoms with Gasteiger partial charge in [-0.05, 0) is 12.5 Å². The molecule has 1 atom stereocenters. The summed E-state index contributed by atoms with van der Waals surface area (Å²) in [5.41, 5.74) is 0. The molecular weight excluding hydrogens is 238 g/mol. The molecule has 15 heavy (non-hydrogen) atoms. The number of nitrogens with one attached hydrogen (secondary N) is 2. The Bertz CT molecular complexity index is 413. The highest BCUT2D eigenvalue weighted by Gasteiger charge is 2.13. The molecule has 8 heteroatoms. The minimum absolute atomic E-state index is 0.0418. The molecular formula is C7H13N3O3S2. The average Bonchev–Trinajstić information content (AvgIpc) is 2.65. The van der Waals surface area contributed by atoms with Crippen LogP contribution in [0.15, 0.2) is 17.3 Å². The third kappa shape index (κ3) is 4.10. The fraction of sp³-hybridized carbons (Fsp3) is 0.571. The van der Waals surface area contributed by atoms with Gasteiger partial charge in [-0.15, -0.1) is 0 Å². The van der Waals surface area contributed by atoms with Gasteiger partial charge >= 0.3 is 0 Å². The van der Waals surface area contributed by atoms with E-state index < -0.39 is 20.8 Å². The van der Waals surface area contributed by atoms with E-state index in [1.807, 2.05) is 0 Å². The number of H-pyrrole nitrogens is 1. The van der Waals surface area contributed by atoms with E-state index in [0.717, 1.165) is 0 Å². The van der Waals surface area contributed by atoms with Crippen LogP contribution in [0.3, 0.4) is 0 Å². The summed E-state index contributed by atoms with van der Waals surface area (Å²) < 4.78 is 36.1. The van der Waals surface area contributed by atoms with Crippen molar-refractivity contribution in [2.75, 3.05) is 18.6 Å². The van der Waals surface area contributed by atoms with Crippen LogP contribution in [0, 0.1) is 0 Å². The summed E-state index contributed by atoms with van der Waals surface area (Å²) in [6.07, 6.45) is 3.51. The van der Waals surface area contributed by atoms with Gasteiger partial charge in [-0.25, -0.2) is 13.1 Å². The SMILES string of the molecule is CS(=O)CCCNS(=O)(=O)c1ccn[nH]1. The first kappa shape index (κ1) is 12.3. The first-order chi connectivity index (χ1) is 7.02. The van der Waals surface area contributed by atoms with Gasteiger partial charge in [0.05, 0.1) is 6.20 Å². The zero-order valence-electron chi connectivity index (χ0n) is 8.26. The first-order valence-corrected chi connectivity index (χ1v) is 7.52. The molecule has 0 bridgehead atoms. The van der Waals surface area contributed by atoms with Crippen LogP contribution < -0.4 is 4.72 Å². The predicted octanol–water partition coefficient (Wildman–Crippen LogP) is -0.543. The Balaban J connectivity index is 2.42. The van der Waals surface area contributed by atoms with Crippen molar-refractivity contribution in [2.24, 2.45) is 0 Å². The Morgan fingerprint density at radius 3 is 2.87 bits per heavy atom. The fourth-order valence-corrected chi connectivity index (χ4v) is 2.48. The van der Waals surface area contributed by atoms with Gasteiger partial charge in [-0.1, -0.05) is 0 Å². The second-order valence-corrected chi connectivity index (χ2v) is 6.24. The quantitative estimate of drug-likeness (QED) is 0.664. The fourth-order valence-electron chi connectivity index (χ4n) is 0.953. The lowest BCUT2D eigenvalue weighted by atomic mass is 10.5. The van der Waals surface area contributed by atoms with Crippen molar-refractivity contribution in [3.05, 3.63) is 12.3 Å². The normalized spacial score (nSPS) is 13.9. The molecule has 0 saturated carbocycles. The zero-order chi connectivity index (χ0) is 11.3. The molecule has 0 saturated heterocycles. The van der Waals surface area contributed by atoms with Crippen LogP contribution in [-0.2, 0) is 20.8 Å². The van der Waals surface area contributed by atoms with Crippen LogP contribution in [0.1, 0.15) is 6.42 Å². The molecule has 1 heterocycles. The lowest BCUT2D eigenvalue weighted by molar-refractivity contribution is 0.576. The molecule has 6 nitrogen and oxygen atoms in total. The third-order valence-corrected chi connectivity index (χ3v) is 3.92. The van der Waals surface area contributed by atoms with Gasteiger partial charge in [-0.2, -0.15) is 5.10 Å². The van der Waals surface area contributed by atoms with Crippen molar-refractivity contribution in [3.8, 4) is 0 Å². The van der Waals surface area contributed by atoms with E-state index >= 15 is 0 Å². The molecule has 2 N–H and O–H groups in total. The van der Waals surface area contributed by atoms with Crippen LogP contribution >= 0.6 is 0 Å². The highest BCUT2D eigenvalue weighted by Crippen LogP contribution is 2.01. The Morgan fingerprint density at radius 1 is 1.60 bits per heavy atom. The van der Waals surface area contributed by atoms with E-state index in [0.29, 0.717) is 12.2 Å². The maximum Gasteiger partial charge on any atom is 0.257 e. The standard InChI is InChI=1S/C7H13N3O3S2/c1-14(11)6-2-4-9-15(12,13)7-3-5-8-10-7/h3,5,9H,2,4,6H2,1H3,(H,8,10). The molecule has 1 unspecified atom stereocenters. The summed E-state index contributed by atoms with van der Waals surface area (Å²) in [6.45, 7) is 0.279. The third-order valence-electron chi connectivity index (χ3n) is 1.67. The molecule has 0 radical (unpaired) electrons. The summed E-state index contributed by atoms with van der Waals surface area (Å²) in [5.74, 6) is 0.492. The van der Waals surface area contributed by atoms with Gasteiger partial charge in [0.15, 0.2) is 5.03 Å². The molecule has 0 aliphatic carbocycles. The second kappa shape index (κ2) is 5.38. The van der Waals surface area contributed by atoms with Crippen molar-refractivity contribution in [1.82, 2.24) is 14.9 Å². The largest absolute Gasteiger partial charge is 0.266 e. The maximum atomic E-state index is 11.5. The molecule has 0 spiro atoms. The van der Waals surface area contributed by atoms with Crippen LogP contribution in [0.5, 0.6) is 0 Å². The second-order valence-electron chi connectivity index (χ2n) is 2.95. The molecule has 86 valence electrons. The Kier molecular flexibility index (Phi) is 4.43. The van der Waals surface area contributed by atoms with Gasteiger partial charge in [-0.3, -0.25) is 9.31 Å². The van der Waals surface area contributed by atoms with Crippen LogP contribution in [0.2, 0.25) is 0 Å². The van der Waals surface area contributed by atoms with Crippen molar-refractivity contribution in [3.63, 3.8) is 0 Å². The zero-order valence-corrected chi connectivity index (χ0v) is 9.90. The summed E-state index contributed by atoms with van der Waals surface area (Å²) in [6, 6.07) is 1.38. The number of aromatic nitrogens is 2. The smallest absolute Gasteiger partial charge is 0.257 e. The summed E-state index contributed by atoms with van der Waals surface area (Å²) >= 11 is 0. The van der Waals surface area contributed by atoms with Gasteiger partial charge < -0.3 is 0 Å². The number of hydrogen-bond donors (Lipinski definition) is 2. The van der Waals surface area contributed by atoms with Crippen molar-refractivity contribution >= 4 is 20.8 Å². The van der Waals surface area contributed by atoms with Gasteiger partial charge in [0.1, 0.15) is 0 Å². The highest BCUT2D eigenvalue weighted by molar-refractivity contribution is 7.89.